The lowest BCUT2D eigenvalue weighted by Crippen LogP contribution is -2.19. The molecule has 3 aromatic rings. The molecule has 8 heteroatoms. The van der Waals surface area contributed by atoms with Crippen molar-refractivity contribution in [3.63, 3.8) is 0 Å². The first-order chi connectivity index (χ1) is 12.2. The average molecular weight is 372 g/mol. The summed E-state index contributed by atoms with van der Waals surface area (Å²) < 4.78 is 13.5. The van der Waals surface area contributed by atoms with Crippen molar-refractivity contribution in [3.05, 3.63) is 66.0 Å². The number of nitrogens with zero attached hydrogens (tertiary/aromatic N) is 3. The van der Waals surface area contributed by atoms with Crippen LogP contribution in [0.1, 0.15) is 5.56 Å². The molecule has 2 aromatic carbocycles. The van der Waals surface area contributed by atoms with E-state index >= 15 is 0 Å². The van der Waals surface area contributed by atoms with Crippen LogP contribution in [0.25, 0.3) is 10.6 Å². The van der Waals surface area contributed by atoms with Gasteiger partial charge in [0, 0.05) is 5.56 Å². The van der Waals surface area contributed by atoms with E-state index in [1.807, 2.05) is 30.3 Å². The molecule has 0 bridgehead atoms. The van der Waals surface area contributed by atoms with Crippen molar-refractivity contribution < 1.29 is 9.18 Å². The van der Waals surface area contributed by atoms with E-state index in [9.17, 15) is 9.18 Å². The second-order valence-electron chi connectivity index (χ2n) is 4.87. The second kappa shape index (κ2) is 8.50. The molecular weight excluding hydrogens is 359 g/mol. The third-order valence-electron chi connectivity index (χ3n) is 3.03. The van der Waals surface area contributed by atoms with Crippen LogP contribution in [0.4, 0.5) is 4.39 Å². The molecule has 0 atom stereocenters. The van der Waals surface area contributed by atoms with Crippen molar-refractivity contribution in [2.24, 2.45) is 5.10 Å². The minimum Gasteiger partial charge on any atom is -0.272 e. The van der Waals surface area contributed by atoms with Gasteiger partial charge in [-0.15, -0.1) is 10.2 Å². The molecule has 25 heavy (non-hydrogen) atoms. The maximum atomic E-state index is 12.8. The van der Waals surface area contributed by atoms with Gasteiger partial charge in [0.1, 0.15) is 10.8 Å². The van der Waals surface area contributed by atoms with Crippen molar-refractivity contribution >= 4 is 35.2 Å². The number of benzene rings is 2. The number of amides is 1. The largest absolute Gasteiger partial charge is 0.272 e. The van der Waals surface area contributed by atoms with Gasteiger partial charge in [0.05, 0.1) is 12.0 Å². The fraction of sp³-hybridized carbons (Fsp3) is 0.0588. The highest BCUT2D eigenvalue weighted by Crippen LogP contribution is 2.28. The van der Waals surface area contributed by atoms with Crippen LogP contribution in [0.15, 0.2) is 64.0 Å². The number of hydrazone groups is 1. The highest BCUT2D eigenvalue weighted by Gasteiger charge is 2.09. The molecule has 1 aromatic heterocycles. The third-order valence-corrected chi connectivity index (χ3v) is 5.13. The molecule has 0 saturated heterocycles. The van der Waals surface area contributed by atoms with Crippen molar-refractivity contribution in [2.75, 3.05) is 5.75 Å². The van der Waals surface area contributed by atoms with Gasteiger partial charge < -0.3 is 0 Å². The van der Waals surface area contributed by atoms with E-state index in [0.717, 1.165) is 14.9 Å². The van der Waals surface area contributed by atoms with E-state index in [1.54, 1.807) is 12.1 Å². The standard InChI is InChI=1S/C17H13FN4OS2/c18-14-8-6-12(7-9-14)10-19-20-15(23)11-24-17-22-21-16(25-17)13-4-2-1-3-5-13/h1-10H,11H2,(H,20,23). The van der Waals surface area contributed by atoms with Crippen molar-refractivity contribution in [1.29, 1.82) is 0 Å². The molecule has 0 aliphatic rings. The molecule has 0 aliphatic carbocycles. The van der Waals surface area contributed by atoms with Gasteiger partial charge in [0.2, 0.25) is 0 Å². The van der Waals surface area contributed by atoms with Crippen LogP contribution in [0.2, 0.25) is 0 Å². The average Bonchev–Trinajstić information content (AvgIpc) is 3.11. The maximum Gasteiger partial charge on any atom is 0.250 e. The Bertz CT molecular complexity index is 866. The summed E-state index contributed by atoms with van der Waals surface area (Å²) in [6.45, 7) is 0. The minimum absolute atomic E-state index is 0.185. The molecule has 3 rings (SSSR count). The van der Waals surface area contributed by atoms with Crippen molar-refractivity contribution in [2.45, 2.75) is 4.34 Å². The Morgan fingerprint density at radius 1 is 1.16 bits per heavy atom. The molecule has 1 heterocycles. The Hall–Kier alpha value is -2.58. The van der Waals surface area contributed by atoms with Crippen LogP contribution in [-0.2, 0) is 4.79 Å². The zero-order valence-corrected chi connectivity index (χ0v) is 14.6. The summed E-state index contributed by atoms with van der Waals surface area (Å²) in [6.07, 6.45) is 1.46. The van der Waals surface area contributed by atoms with Gasteiger partial charge >= 0.3 is 0 Å². The first-order valence-electron chi connectivity index (χ1n) is 7.30. The van der Waals surface area contributed by atoms with Gasteiger partial charge in [-0.05, 0) is 17.7 Å². The van der Waals surface area contributed by atoms with Crippen LogP contribution < -0.4 is 5.43 Å². The van der Waals surface area contributed by atoms with Crippen LogP contribution in [0.5, 0.6) is 0 Å². The molecule has 126 valence electrons. The van der Waals surface area contributed by atoms with Gasteiger partial charge in [0.25, 0.3) is 5.91 Å². The minimum atomic E-state index is -0.315. The molecule has 0 radical (unpaired) electrons. The summed E-state index contributed by atoms with van der Waals surface area (Å²) in [6, 6.07) is 15.6. The van der Waals surface area contributed by atoms with Gasteiger partial charge in [-0.2, -0.15) is 5.10 Å². The summed E-state index contributed by atoms with van der Waals surface area (Å²) in [5.74, 6) is -0.381. The fourth-order valence-corrected chi connectivity index (χ4v) is 3.50. The molecule has 1 amide bonds. The maximum absolute atomic E-state index is 12.8. The van der Waals surface area contributed by atoms with Crippen molar-refractivity contribution in [1.82, 2.24) is 15.6 Å². The zero-order chi connectivity index (χ0) is 17.5. The van der Waals surface area contributed by atoms with E-state index in [0.29, 0.717) is 5.56 Å². The Balaban J connectivity index is 1.48. The lowest BCUT2D eigenvalue weighted by atomic mass is 10.2. The van der Waals surface area contributed by atoms with Gasteiger partial charge in [-0.25, -0.2) is 9.82 Å². The molecule has 5 nitrogen and oxygen atoms in total. The van der Waals surface area contributed by atoms with E-state index in [4.69, 9.17) is 0 Å². The smallest absolute Gasteiger partial charge is 0.250 e. The number of nitrogens with one attached hydrogen (secondary N) is 1. The lowest BCUT2D eigenvalue weighted by Gasteiger charge is -1.97. The van der Waals surface area contributed by atoms with Crippen LogP contribution >= 0.6 is 23.1 Å². The topological polar surface area (TPSA) is 67.2 Å². The molecule has 0 aliphatic heterocycles. The summed E-state index contributed by atoms with van der Waals surface area (Å²) in [7, 11) is 0. The normalized spacial score (nSPS) is 10.9. The third kappa shape index (κ3) is 5.20. The quantitative estimate of drug-likeness (QED) is 0.408. The number of halogens is 1. The molecular formula is C17H13FN4OS2. The molecule has 1 N–H and O–H groups in total. The van der Waals surface area contributed by atoms with E-state index in [1.165, 1.54) is 41.4 Å². The van der Waals surface area contributed by atoms with E-state index in [2.05, 4.69) is 20.7 Å². The summed E-state index contributed by atoms with van der Waals surface area (Å²) in [5.41, 5.74) is 4.13. The predicted molar refractivity (Wildman–Crippen MR) is 98.2 cm³/mol. The number of rotatable bonds is 6. The van der Waals surface area contributed by atoms with Crippen LogP contribution in [0.3, 0.4) is 0 Å². The number of hydrogen-bond acceptors (Lipinski definition) is 6. The molecule has 0 unspecified atom stereocenters. The fourth-order valence-electron chi connectivity index (χ4n) is 1.85. The molecule has 0 saturated carbocycles. The first kappa shape index (κ1) is 17.2. The van der Waals surface area contributed by atoms with Crippen molar-refractivity contribution in [3.8, 4) is 10.6 Å². The second-order valence-corrected chi connectivity index (χ2v) is 7.07. The summed E-state index contributed by atoms with van der Waals surface area (Å²) in [4.78, 5) is 11.8. The van der Waals surface area contributed by atoms with Crippen LogP contribution in [0, 0.1) is 5.82 Å². The molecule has 0 spiro atoms. The SMILES string of the molecule is O=C(CSc1nnc(-c2ccccc2)s1)NN=Cc1ccc(F)cc1. The highest BCUT2D eigenvalue weighted by atomic mass is 32.2. The Morgan fingerprint density at radius 2 is 1.92 bits per heavy atom. The summed E-state index contributed by atoms with van der Waals surface area (Å²) in [5, 5.41) is 12.9. The monoisotopic (exact) mass is 372 g/mol. The Labute approximate surface area is 152 Å². The van der Waals surface area contributed by atoms with E-state index in [-0.39, 0.29) is 17.5 Å². The highest BCUT2D eigenvalue weighted by molar-refractivity contribution is 8.01. The van der Waals surface area contributed by atoms with Gasteiger partial charge in [-0.3, -0.25) is 4.79 Å². The number of carbonyl (C=O) groups excluding carboxylic acids is 1. The number of thioether (sulfide) groups is 1. The number of aromatic nitrogens is 2. The predicted octanol–water partition coefficient (Wildman–Crippen LogP) is 3.59. The van der Waals surface area contributed by atoms with Gasteiger partial charge in [-0.1, -0.05) is 65.6 Å². The Morgan fingerprint density at radius 3 is 2.68 bits per heavy atom. The summed E-state index contributed by atoms with van der Waals surface area (Å²) >= 11 is 2.74. The van der Waals surface area contributed by atoms with E-state index < -0.39 is 0 Å². The first-order valence-corrected chi connectivity index (χ1v) is 9.10. The number of carbonyl (C=O) groups is 1. The lowest BCUT2D eigenvalue weighted by molar-refractivity contribution is -0.118. The molecule has 0 fully saturated rings. The zero-order valence-electron chi connectivity index (χ0n) is 12.9. The Kier molecular flexibility index (Phi) is 5.86. The van der Waals surface area contributed by atoms with Gasteiger partial charge in [0.15, 0.2) is 4.34 Å². The number of hydrogen-bond donors (Lipinski definition) is 1. The van der Waals surface area contributed by atoms with Crippen LogP contribution in [-0.4, -0.2) is 28.1 Å².